The topological polar surface area (TPSA) is 36.6 Å². The molecule has 1 unspecified atom stereocenters. The van der Waals surface area contributed by atoms with Gasteiger partial charge in [0.05, 0.1) is 6.54 Å². The molecule has 1 aliphatic heterocycles. The molecule has 1 aliphatic rings. The van der Waals surface area contributed by atoms with Crippen LogP contribution in [0.2, 0.25) is 0 Å². The van der Waals surface area contributed by atoms with Crippen molar-refractivity contribution in [2.45, 2.75) is 26.3 Å². The average molecular weight is 209 g/mol. The predicted octanol–water partition coefficient (Wildman–Crippen LogP) is 1.79. The normalized spacial score (nSPS) is 23.2. The number of hydrogen-bond acceptors (Lipinski definition) is 3. The minimum absolute atomic E-state index is 0.313. The first-order valence-corrected chi connectivity index (χ1v) is 5.66. The molecule has 2 heterocycles. The Labute approximate surface area is 90.7 Å². The summed E-state index contributed by atoms with van der Waals surface area (Å²) in [6, 6.07) is 4.04. The van der Waals surface area contributed by atoms with Crippen LogP contribution in [0.1, 0.15) is 24.4 Å². The van der Waals surface area contributed by atoms with Crippen molar-refractivity contribution in [3.05, 3.63) is 23.7 Å². The molecule has 15 heavy (non-hydrogen) atoms. The highest BCUT2D eigenvalue weighted by Gasteiger charge is 2.19. The van der Waals surface area contributed by atoms with Gasteiger partial charge in [0, 0.05) is 13.2 Å². The lowest BCUT2D eigenvalue weighted by molar-refractivity contribution is 0.110. The maximum atomic E-state index is 9.13. The Kier molecular flexibility index (Phi) is 3.44. The highest BCUT2D eigenvalue weighted by atomic mass is 16.3. The molecule has 2 rings (SSSR count). The van der Waals surface area contributed by atoms with Gasteiger partial charge in [0.1, 0.15) is 11.5 Å². The first kappa shape index (κ1) is 10.7. The fourth-order valence-corrected chi connectivity index (χ4v) is 2.23. The Hall–Kier alpha value is -0.800. The second-order valence-electron chi connectivity index (χ2n) is 4.44. The molecule has 1 fully saturated rings. The first-order chi connectivity index (χ1) is 7.28. The zero-order valence-corrected chi connectivity index (χ0v) is 9.28. The van der Waals surface area contributed by atoms with Crippen molar-refractivity contribution < 1.29 is 9.52 Å². The van der Waals surface area contributed by atoms with Gasteiger partial charge in [0.15, 0.2) is 0 Å². The maximum absolute atomic E-state index is 9.13. The number of aliphatic hydroxyl groups excluding tert-OH is 1. The van der Waals surface area contributed by atoms with E-state index >= 15 is 0 Å². The van der Waals surface area contributed by atoms with Crippen LogP contribution in [0.5, 0.6) is 0 Å². The maximum Gasteiger partial charge on any atom is 0.118 e. The van der Waals surface area contributed by atoms with Crippen molar-refractivity contribution in [1.29, 1.82) is 0 Å². The summed E-state index contributed by atoms with van der Waals surface area (Å²) in [5, 5.41) is 9.13. The quantitative estimate of drug-likeness (QED) is 0.824. The number of furan rings is 1. The standard InChI is InChI=1S/C12H19NO2/c1-10-4-5-12(15-10)8-13-6-2-3-11(7-13)9-14/h4-5,11,14H,2-3,6-9H2,1H3. The fraction of sp³-hybridized carbons (Fsp3) is 0.667. The van der Waals surface area contributed by atoms with E-state index in [1.54, 1.807) is 0 Å². The highest BCUT2D eigenvalue weighted by molar-refractivity contribution is 5.05. The minimum Gasteiger partial charge on any atom is -0.465 e. The predicted molar refractivity (Wildman–Crippen MR) is 58.5 cm³/mol. The molecular formula is C12H19NO2. The number of piperidine rings is 1. The van der Waals surface area contributed by atoms with Gasteiger partial charge in [-0.1, -0.05) is 0 Å². The third-order valence-corrected chi connectivity index (χ3v) is 3.04. The number of hydrogen-bond donors (Lipinski definition) is 1. The summed E-state index contributed by atoms with van der Waals surface area (Å²) in [5.74, 6) is 2.46. The summed E-state index contributed by atoms with van der Waals surface area (Å²) >= 11 is 0. The fourth-order valence-electron chi connectivity index (χ4n) is 2.23. The molecule has 84 valence electrons. The third-order valence-electron chi connectivity index (χ3n) is 3.04. The van der Waals surface area contributed by atoms with Crippen LogP contribution in [-0.4, -0.2) is 29.7 Å². The molecule has 1 atom stereocenters. The van der Waals surface area contributed by atoms with Gasteiger partial charge in [-0.2, -0.15) is 0 Å². The molecule has 1 aromatic rings. The molecule has 0 aliphatic carbocycles. The Morgan fingerprint density at radius 3 is 3.07 bits per heavy atom. The second-order valence-corrected chi connectivity index (χ2v) is 4.44. The minimum atomic E-state index is 0.313. The number of aryl methyl sites for hydroxylation is 1. The Bertz CT molecular complexity index is 308. The molecule has 0 saturated carbocycles. The van der Waals surface area contributed by atoms with Crippen LogP contribution in [0.4, 0.5) is 0 Å². The van der Waals surface area contributed by atoms with Crippen molar-refractivity contribution in [3.8, 4) is 0 Å². The Balaban J connectivity index is 1.88. The van der Waals surface area contributed by atoms with E-state index < -0.39 is 0 Å². The molecule has 1 N–H and O–H groups in total. The van der Waals surface area contributed by atoms with Crippen molar-refractivity contribution in [2.24, 2.45) is 5.92 Å². The van der Waals surface area contributed by atoms with Crippen LogP contribution < -0.4 is 0 Å². The van der Waals surface area contributed by atoms with Gasteiger partial charge in [-0.25, -0.2) is 0 Å². The van der Waals surface area contributed by atoms with Crippen molar-refractivity contribution >= 4 is 0 Å². The van der Waals surface area contributed by atoms with Crippen LogP contribution >= 0.6 is 0 Å². The third kappa shape index (κ3) is 2.83. The van der Waals surface area contributed by atoms with Gasteiger partial charge in [-0.3, -0.25) is 4.90 Å². The molecule has 0 aromatic carbocycles. The van der Waals surface area contributed by atoms with E-state index in [-0.39, 0.29) is 0 Å². The summed E-state index contributed by atoms with van der Waals surface area (Å²) in [6.45, 7) is 5.28. The lowest BCUT2D eigenvalue weighted by Crippen LogP contribution is -2.36. The van der Waals surface area contributed by atoms with Crippen LogP contribution in [0, 0.1) is 12.8 Å². The van der Waals surface area contributed by atoms with Crippen LogP contribution in [0.15, 0.2) is 16.5 Å². The Morgan fingerprint density at radius 1 is 1.53 bits per heavy atom. The van der Waals surface area contributed by atoms with E-state index in [0.717, 1.165) is 37.6 Å². The van der Waals surface area contributed by atoms with Crippen LogP contribution in [0.3, 0.4) is 0 Å². The summed E-state index contributed by atoms with van der Waals surface area (Å²) < 4.78 is 5.55. The smallest absolute Gasteiger partial charge is 0.118 e. The largest absolute Gasteiger partial charge is 0.465 e. The molecular weight excluding hydrogens is 190 g/mol. The lowest BCUT2D eigenvalue weighted by Gasteiger charge is -2.30. The molecule has 1 aromatic heterocycles. The van der Waals surface area contributed by atoms with Gasteiger partial charge < -0.3 is 9.52 Å². The van der Waals surface area contributed by atoms with Gasteiger partial charge in [-0.15, -0.1) is 0 Å². The lowest BCUT2D eigenvalue weighted by atomic mass is 9.99. The summed E-state index contributed by atoms with van der Waals surface area (Å²) in [5.41, 5.74) is 0. The van der Waals surface area contributed by atoms with Crippen LogP contribution in [-0.2, 0) is 6.54 Å². The molecule has 3 heteroatoms. The van der Waals surface area contributed by atoms with Gasteiger partial charge >= 0.3 is 0 Å². The van der Waals surface area contributed by atoms with Crippen molar-refractivity contribution in [2.75, 3.05) is 19.7 Å². The number of nitrogens with zero attached hydrogens (tertiary/aromatic N) is 1. The van der Waals surface area contributed by atoms with E-state index in [0.29, 0.717) is 12.5 Å². The molecule has 0 amide bonds. The monoisotopic (exact) mass is 209 g/mol. The summed E-state index contributed by atoms with van der Waals surface area (Å²) in [6.07, 6.45) is 2.34. The molecule has 1 saturated heterocycles. The first-order valence-electron chi connectivity index (χ1n) is 5.66. The zero-order valence-electron chi connectivity index (χ0n) is 9.28. The van der Waals surface area contributed by atoms with Gasteiger partial charge in [0.25, 0.3) is 0 Å². The van der Waals surface area contributed by atoms with E-state index in [9.17, 15) is 0 Å². The molecule has 3 nitrogen and oxygen atoms in total. The van der Waals surface area contributed by atoms with Crippen molar-refractivity contribution in [1.82, 2.24) is 4.90 Å². The second kappa shape index (κ2) is 4.81. The van der Waals surface area contributed by atoms with E-state index in [1.165, 1.54) is 6.42 Å². The summed E-state index contributed by atoms with van der Waals surface area (Å²) in [4.78, 5) is 2.36. The molecule has 0 bridgehead atoms. The van der Waals surface area contributed by atoms with Gasteiger partial charge in [-0.05, 0) is 44.4 Å². The highest BCUT2D eigenvalue weighted by Crippen LogP contribution is 2.18. The zero-order chi connectivity index (χ0) is 10.7. The molecule has 0 radical (unpaired) electrons. The van der Waals surface area contributed by atoms with E-state index in [1.807, 2.05) is 19.1 Å². The number of likely N-dealkylation sites (tertiary alicyclic amines) is 1. The SMILES string of the molecule is Cc1ccc(CN2CCCC(CO)C2)o1. The average Bonchev–Trinajstić information content (AvgIpc) is 2.64. The van der Waals surface area contributed by atoms with Gasteiger partial charge in [0.2, 0.25) is 0 Å². The number of rotatable bonds is 3. The van der Waals surface area contributed by atoms with Crippen LogP contribution in [0.25, 0.3) is 0 Å². The van der Waals surface area contributed by atoms with Crippen molar-refractivity contribution in [3.63, 3.8) is 0 Å². The van der Waals surface area contributed by atoms with E-state index in [4.69, 9.17) is 9.52 Å². The summed E-state index contributed by atoms with van der Waals surface area (Å²) in [7, 11) is 0. The van der Waals surface area contributed by atoms with E-state index in [2.05, 4.69) is 4.90 Å². The molecule has 0 spiro atoms. The number of aliphatic hydroxyl groups is 1. The Morgan fingerprint density at radius 2 is 2.40 bits per heavy atom.